The van der Waals surface area contributed by atoms with Crippen molar-refractivity contribution in [3.05, 3.63) is 63.7 Å². The number of carbonyl (C=O) groups is 1. The van der Waals surface area contributed by atoms with Gasteiger partial charge in [0.1, 0.15) is 6.04 Å². The summed E-state index contributed by atoms with van der Waals surface area (Å²) in [7, 11) is 0. The van der Waals surface area contributed by atoms with E-state index in [0.717, 1.165) is 18.5 Å². The summed E-state index contributed by atoms with van der Waals surface area (Å²) in [6, 6.07) is 11.7. The molecule has 2 aromatic carbocycles. The fourth-order valence-corrected chi connectivity index (χ4v) is 2.92. The van der Waals surface area contributed by atoms with Gasteiger partial charge in [-0.3, -0.25) is 14.9 Å². The van der Waals surface area contributed by atoms with Crippen molar-refractivity contribution >= 4 is 23.0 Å². The van der Waals surface area contributed by atoms with Crippen LogP contribution < -0.4 is 10.6 Å². The van der Waals surface area contributed by atoms with E-state index in [4.69, 9.17) is 0 Å². The first kappa shape index (κ1) is 16.0. The maximum Gasteiger partial charge on any atom is 0.271 e. The average molecular weight is 325 g/mol. The van der Waals surface area contributed by atoms with Crippen LogP contribution in [0.15, 0.2) is 42.5 Å². The van der Waals surface area contributed by atoms with E-state index in [0.29, 0.717) is 5.69 Å². The van der Waals surface area contributed by atoms with Crippen molar-refractivity contribution in [2.75, 3.05) is 10.6 Å². The molecule has 24 heavy (non-hydrogen) atoms. The maximum atomic E-state index is 12.3. The third-order valence-electron chi connectivity index (χ3n) is 4.20. The summed E-state index contributed by atoms with van der Waals surface area (Å²) in [5.74, 6) is -0.240. The van der Waals surface area contributed by atoms with Crippen LogP contribution in [0.5, 0.6) is 0 Å². The molecule has 3 rings (SSSR count). The van der Waals surface area contributed by atoms with Gasteiger partial charge in [0.25, 0.3) is 5.69 Å². The van der Waals surface area contributed by atoms with Crippen LogP contribution in [-0.4, -0.2) is 16.9 Å². The first-order valence-electron chi connectivity index (χ1n) is 7.96. The van der Waals surface area contributed by atoms with Crippen molar-refractivity contribution in [2.45, 2.75) is 32.2 Å². The lowest BCUT2D eigenvalue weighted by molar-refractivity contribution is -0.384. The zero-order chi connectivity index (χ0) is 17.1. The van der Waals surface area contributed by atoms with E-state index >= 15 is 0 Å². The number of non-ortho nitro benzene ring substituents is 1. The van der Waals surface area contributed by atoms with E-state index in [1.807, 2.05) is 6.07 Å². The minimum Gasteiger partial charge on any atom is -0.374 e. The number of nitrogens with one attached hydrogen (secondary N) is 2. The number of hydrogen-bond donors (Lipinski definition) is 2. The molecule has 0 unspecified atom stereocenters. The molecule has 0 fully saturated rings. The van der Waals surface area contributed by atoms with Crippen molar-refractivity contribution in [3.8, 4) is 0 Å². The second-order valence-corrected chi connectivity index (χ2v) is 6.00. The number of amides is 1. The Hall–Kier alpha value is -2.89. The lowest BCUT2D eigenvalue weighted by Crippen LogP contribution is -2.31. The van der Waals surface area contributed by atoms with Crippen molar-refractivity contribution in [3.63, 3.8) is 0 Å². The summed E-state index contributed by atoms with van der Waals surface area (Å²) in [5.41, 5.74) is 4.00. The Morgan fingerprint density at radius 1 is 1.12 bits per heavy atom. The first-order valence-corrected chi connectivity index (χ1v) is 7.96. The summed E-state index contributed by atoms with van der Waals surface area (Å²) in [4.78, 5) is 22.6. The van der Waals surface area contributed by atoms with Gasteiger partial charge < -0.3 is 10.6 Å². The van der Waals surface area contributed by atoms with Crippen LogP contribution in [0.3, 0.4) is 0 Å². The molecule has 2 N–H and O–H groups in total. The number of carbonyl (C=O) groups excluding carboxylic acids is 1. The fourth-order valence-electron chi connectivity index (χ4n) is 2.92. The molecular weight excluding hydrogens is 306 g/mol. The van der Waals surface area contributed by atoms with Crippen LogP contribution >= 0.6 is 0 Å². The van der Waals surface area contributed by atoms with Gasteiger partial charge in [-0.1, -0.05) is 12.1 Å². The molecule has 1 amide bonds. The Kier molecular flexibility index (Phi) is 4.46. The predicted molar refractivity (Wildman–Crippen MR) is 93.3 cm³/mol. The summed E-state index contributed by atoms with van der Waals surface area (Å²) < 4.78 is 0. The van der Waals surface area contributed by atoms with E-state index in [1.54, 1.807) is 19.1 Å². The van der Waals surface area contributed by atoms with E-state index in [2.05, 4.69) is 22.8 Å². The minimum atomic E-state index is -0.484. The molecular formula is C18H19N3O3. The van der Waals surface area contributed by atoms with Crippen LogP contribution in [0.4, 0.5) is 17.1 Å². The Labute approximate surface area is 140 Å². The summed E-state index contributed by atoms with van der Waals surface area (Å²) in [5, 5.41) is 16.7. The molecule has 6 nitrogen and oxygen atoms in total. The molecule has 1 aliphatic rings. The van der Waals surface area contributed by atoms with Gasteiger partial charge in [0, 0.05) is 23.5 Å². The molecule has 0 bridgehead atoms. The highest BCUT2D eigenvalue weighted by Gasteiger charge is 2.16. The van der Waals surface area contributed by atoms with Gasteiger partial charge >= 0.3 is 0 Å². The van der Waals surface area contributed by atoms with E-state index in [-0.39, 0.29) is 11.6 Å². The van der Waals surface area contributed by atoms with Gasteiger partial charge in [0.15, 0.2) is 0 Å². The number of nitro groups is 1. The SMILES string of the molecule is C[C@H](Nc1ccc2c(c1)CCC2)C(=O)Nc1cccc([N+](=O)[O-])c1. The Morgan fingerprint density at radius 3 is 2.71 bits per heavy atom. The topological polar surface area (TPSA) is 84.3 Å². The molecule has 0 spiro atoms. The van der Waals surface area contributed by atoms with Gasteiger partial charge in [-0.15, -0.1) is 0 Å². The average Bonchev–Trinajstić information content (AvgIpc) is 3.02. The third kappa shape index (κ3) is 3.53. The van der Waals surface area contributed by atoms with Crippen LogP contribution in [-0.2, 0) is 17.6 Å². The van der Waals surface area contributed by atoms with Crippen molar-refractivity contribution in [2.24, 2.45) is 0 Å². The molecule has 0 radical (unpaired) electrons. The lowest BCUT2D eigenvalue weighted by atomic mass is 10.1. The van der Waals surface area contributed by atoms with Gasteiger partial charge in [0.05, 0.1) is 4.92 Å². The highest BCUT2D eigenvalue weighted by molar-refractivity contribution is 5.96. The Bertz CT molecular complexity index is 789. The molecule has 6 heteroatoms. The molecule has 2 aromatic rings. The lowest BCUT2D eigenvalue weighted by Gasteiger charge is -2.16. The number of anilines is 2. The first-order chi connectivity index (χ1) is 11.5. The molecule has 0 heterocycles. The molecule has 1 atom stereocenters. The standard InChI is InChI=1S/C18H19N3O3/c1-12(19-16-9-8-13-4-2-5-14(13)10-16)18(22)20-15-6-3-7-17(11-15)21(23)24/h3,6-12,19H,2,4-5H2,1H3,(H,20,22)/t12-/m0/s1. The number of nitro benzene ring substituents is 1. The van der Waals surface area contributed by atoms with Gasteiger partial charge in [0.2, 0.25) is 5.91 Å². The number of aryl methyl sites for hydroxylation is 2. The molecule has 0 aromatic heterocycles. The van der Waals surface area contributed by atoms with Gasteiger partial charge in [-0.2, -0.15) is 0 Å². The molecule has 1 aliphatic carbocycles. The number of fused-ring (bicyclic) bond motifs is 1. The largest absolute Gasteiger partial charge is 0.374 e. The predicted octanol–water partition coefficient (Wildman–Crippen LogP) is 3.52. The second-order valence-electron chi connectivity index (χ2n) is 6.00. The fraction of sp³-hybridized carbons (Fsp3) is 0.278. The highest BCUT2D eigenvalue weighted by atomic mass is 16.6. The van der Waals surface area contributed by atoms with E-state index < -0.39 is 11.0 Å². The quantitative estimate of drug-likeness (QED) is 0.650. The summed E-state index contributed by atoms with van der Waals surface area (Å²) >= 11 is 0. The zero-order valence-electron chi connectivity index (χ0n) is 13.4. The van der Waals surface area contributed by atoms with E-state index in [1.165, 1.54) is 29.7 Å². The Morgan fingerprint density at radius 2 is 1.92 bits per heavy atom. The van der Waals surface area contributed by atoms with Crippen LogP contribution in [0.2, 0.25) is 0 Å². The van der Waals surface area contributed by atoms with Crippen molar-refractivity contribution in [1.29, 1.82) is 0 Å². The number of benzene rings is 2. The Balaban J connectivity index is 1.64. The summed E-state index contributed by atoms with van der Waals surface area (Å²) in [6.07, 6.45) is 3.39. The smallest absolute Gasteiger partial charge is 0.271 e. The number of nitrogens with zero attached hydrogens (tertiary/aromatic N) is 1. The van der Waals surface area contributed by atoms with Crippen LogP contribution in [0.25, 0.3) is 0 Å². The molecule has 0 aliphatic heterocycles. The van der Waals surface area contributed by atoms with Gasteiger partial charge in [-0.05, 0) is 55.5 Å². The number of rotatable bonds is 5. The van der Waals surface area contributed by atoms with E-state index in [9.17, 15) is 14.9 Å². The highest BCUT2D eigenvalue weighted by Crippen LogP contribution is 2.25. The molecule has 124 valence electrons. The number of hydrogen-bond acceptors (Lipinski definition) is 4. The molecule has 0 saturated carbocycles. The maximum absolute atomic E-state index is 12.3. The zero-order valence-corrected chi connectivity index (χ0v) is 13.4. The molecule has 0 saturated heterocycles. The minimum absolute atomic E-state index is 0.0490. The third-order valence-corrected chi connectivity index (χ3v) is 4.20. The van der Waals surface area contributed by atoms with Crippen molar-refractivity contribution < 1.29 is 9.72 Å². The second kappa shape index (κ2) is 6.70. The summed E-state index contributed by atoms with van der Waals surface area (Å²) in [6.45, 7) is 1.76. The normalized spacial score (nSPS) is 13.9. The van der Waals surface area contributed by atoms with Crippen LogP contribution in [0.1, 0.15) is 24.5 Å². The van der Waals surface area contributed by atoms with Gasteiger partial charge in [-0.25, -0.2) is 0 Å². The van der Waals surface area contributed by atoms with Crippen molar-refractivity contribution in [1.82, 2.24) is 0 Å². The monoisotopic (exact) mass is 325 g/mol. The van der Waals surface area contributed by atoms with Crippen LogP contribution in [0, 0.1) is 10.1 Å².